The van der Waals surface area contributed by atoms with Gasteiger partial charge in [-0.3, -0.25) is 14.9 Å². The van der Waals surface area contributed by atoms with E-state index in [1.807, 2.05) is 32.3 Å². The van der Waals surface area contributed by atoms with Crippen LogP contribution < -0.4 is 5.32 Å². The third-order valence-electron chi connectivity index (χ3n) is 4.43. The highest BCUT2D eigenvalue weighted by atomic mass is 32.2. The van der Waals surface area contributed by atoms with Gasteiger partial charge in [0.1, 0.15) is 23.0 Å². The summed E-state index contributed by atoms with van der Waals surface area (Å²) in [4.78, 5) is 31.3. The Morgan fingerprint density at radius 3 is 2.31 bits per heavy atom. The van der Waals surface area contributed by atoms with Crippen LogP contribution in [0.2, 0.25) is 0 Å². The lowest BCUT2D eigenvalue weighted by atomic mass is 10.1. The van der Waals surface area contributed by atoms with Gasteiger partial charge >= 0.3 is 0 Å². The molecule has 3 rings (SSSR count). The van der Waals surface area contributed by atoms with Gasteiger partial charge in [-0.25, -0.2) is 4.98 Å². The fourth-order valence-corrected chi connectivity index (χ4v) is 3.48. The number of H-pyrrole nitrogens is 1. The van der Waals surface area contributed by atoms with Crippen molar-refractivity contribution >= 4 is 23.4 Å². The van der Waals surface area contributed by atoms with Gasteiger partial charge in [0.25, 0.3) is 11.6 Å². The topological polar surface area (TPSA) is 121 Å². The van der Waals surface area contributed by atoms with Gasteiger partial charge in [0, 0.05) is 23.3 Å². The van der Waals surface area contributed by atoms with E-state index in [1.165, 1.54) is 36.0 Å². The van der Waals surface area contributed by atoms with Crippen LogP contribution in [0.1, 0.15) is 31.3 Å². The fraction of sp³-hybridized carbons (Fsp3) is 0.130. The standard InChI is InChI=1S/C23H22N4O4S/c1-4-13-32-23(14(2)3)26-22(29)20-19(15-7-11-18(28)12-8-15)24-21(25-20)16-5-9-17(10-6-16)27(30)31/h4-13,28H,1-3H3,(H,24,25)(H,26,29)/b13-4-. The number of allylic oxidation sites excluding steroid dienone is 2. The van der Waals surface area contributed by atoms with Crippen LogP contribution in [-0.4, -0.2) is 25.9 Å². The van der Waals surface area contributed by atoms with E-state index in [0.717, 1.165) is 5.57 Å². The van der Waals surface area contributed by atoms with E-state index in [-0.39, 0.29) is 23.0 Å². The number of imidazole rings is 1. The van der Waals surface area contributed by atoms with E-state index in [4.69, 9.17) is 0 Å². The smallest absolute Gasteiger partial charge is 0.274 e. The first kappa shape index (κ1) is 22.8. The number of non-ortho nitro benzene ring substituents is 1. The second-order valence-corrected chi connectivity index (χ2v) is 7.95. The minimum Gasteiger partial charge on any atom is -0.508 e. The van der Waals surface area contributed by atoms with Crippen molar-refractivity contribution in [3.63, 3.8) is 0 Å². The first-order valence-corrected chi connectivity index (χ1v) is 10.6. The Hall–Kier alpha value is -3.85. The second kappa shape index (κ2) is 9.97. The average molecular weight is 451 g/mol. The largest absolute Gasteiger partial charge is 0.508 e. The van der Waals surface area contributed by atoms with Crippen LogP contribution >= 0.6 is 11.8 Å². The predicted molar refractivity (Wildman–Crippen MR) is 126 cm³/mol. The molecule has 0 spiro atoms. The normalized spacial score (nSPS) is 10.8. The Morgan fingerprint density at radius 2 is 1.75 bits per heavy atom. The van der Waals surface area contributed by atoms with E-state index in [2.05, 4.69) is 15.3 Å². The third kappa shape index (κ3) is 5.25. The van der Waals surface area contributed by atoms with Gasteiger partial charge < -0.3 is 15.4 Å². The van der Waals surface area contributed by atoms with Crippen LogP contribution in [0.25, 0.3) is 22.6 Å². The highest BCUT2D eigenvalue weighted by Gasteiger charge is 2.21. The van der Waals surface area contributed by atoms with Crippen molar-refractivity contribution < 1.29 is 14.8 Å². The second-order valence-electron chi connectivity index (χ2n) is 7.03. The molecule has 0 saturated carbocycles. The lowest BCUT2D eigenvalue weighted by molar-refractivity contribution is -0.384. The summed E-state index contributed by atoms with van der Waals surface area (Å²) < 4.78 is 0. The van der Waals surface area contributed by atoms with Crippen molar-refractivity contribution in [1.82, 2.24) is 15.3 Å². The molecule has 0 atom stereocenters. The summed E-state index contributed by atoms with van der Waals surface area (Å²) >= 11 is 1.40. The number of aromatic hydroxyl groups is 1. The summed E-state index contributed by atoms with van der Waals surface area (Å²) in [5.74, 6) is 0.121. The maximum atomic E-state index is 13.2. The average Bonchev–Trinajstić information content (AvgIpc) is 3.22. The first-order chi connectivity index (χ1) is 15.3. The molecule has 3 aromatic rings. The van der Waals surface area contributed by atoms with Crippen molar-refractivity contribution in [2.75, 3.05) is 0 Å². The quantitative estimate of drug-likeness (QED) is 0.318. The number of nitrogens with zero attached hydrogens (tertiary/aromatic N) is 2. The number of phenols is 1. The van der Waals surface area contributed by atoms with Gasteiger partial charge in [-0.2, -0.15) is 0 Å². The monoisotopic (exact) mass is 450 g/mol. The van der Waals surface area contributed by atoms with Crippen LogP contribution in [0, 0.1) is 10.1 Å². The number of carbonyl (C=O) groups excluding carboxylic acids is 1. The molecule has 1 amide bonds. The molecule has 0 aliphatic rings. The summed E-state index contributed by atoms with van der Waals surface area (Å²) in [5, 5.41) is 26.1. The lowest BCUT2D eigenvalue weighted by Gasteiger charge is -2.10. The molecule has 0 fully saturated rings. The van der Waals surface area contributed by atoms with Gasteiger partial charge in [-0.05, 0) is 68.2 Å². The van der Waals surface area contributed by atoms with Crippen LogP contribution in [0.5, 0.6) is 5.75 Å². The maximum Gasteiger partial charge on any atom is 0.274 e. The number of hydrogen-bond acceptors (Lipinski definition) is 6. The zero-order valence-electron chi connectivity index (χ0n) is 17.7. The molecule has 164 valence electrons. The molecule has 0 saturated heterocycles. The minimum atomic E-state index is -0.476. The number of amides is 1. The number of aromatic amines is 1. The number of aromatic nitrogens is 2. The SMILES string of the molecule is C/C=C\SC(NC(=O)c1[nH]c(-c2ccc([N+](=O)[O-])cc2)nc1-c1ccc(O)cc1)=C(C)C. The molecule has 0 aliphatic carbocycles. The Kier molecular flexibility index (Phi) is 7.11. The highest BCUT2D eigenvalue weighted by molar-refractivity contribution is 8.05. The number of phenolic OH excluding ortho intramolecular Hbond substituents is 1. The van der Waals surface area contributed by atoms with Gasteiger partial charge in [0.05, 0.1) is 9.95 Å². The molecule has 0 unspecified atom stereocenters. The zero-order chi connectivity index (χ0) is 23.3. The molecule has 0 bridgehead atoms. The molecular formula is C23H22N4O4S. The summed E-state index contributed by atoms with van der Waals surface area (Å²) in [6, 6.07) is 12.3. The number of carbonyl (C=O) groups is 1. The van der Waals surface area contributed by atoms with Crippen LogP contribution in [0.15, 0.2) is 70.6 Å². The number of nitrogens with one attached hydrogen (secondary N) is 2. The fourth-order valence-electron chi connectivity index (χ4n) is 2.82. The molecule has 2 aromatic carbocycles. The van der Waals surface area contributed by atoms with Crippen molar-refractivity contribution in [3.8, 4) is 28.4 Å². The minimum absolute atomic E-state index is 0.0359. The molecule has 8 nitrogen and oxygen atoms in total. The van der Waals surface area contributed by atoms with Crippen LogP contribution in [-0.2, 0) is 0 Å². The van der Waals surface area contributed by atoms with E-state index in [9.17, 15) is 20.0 Å². The molecular weight excluding hydrogens is 428 g/mol. The molecule has 3 N–H and O–H groups in total. The summed E-state index contributed by atoms with van der Waals surface area (Å²) in [6.45, 7) is 5.70. The third-order valence-corrected chi connectivity index (χ3v) is 5.58. The number of rotatable bonds is 7. The molecule has 1 aromatic heterocycles. The molecule has 1 heterocycles. The van der Waals surface area contributed by atoms with Gasteiger partial charge in [0.2, 0.25) is 0 Å². The number of nitro groups is 1. The molecule has 9 heteroatoms. The van der Waals surface area contributed by atoms with Gasteiger partial charge in [-0.1, -0.05) is 17.8 Å². The van der Waals surface area contributed by atoms with Gasteiger partial charge in [-0.15, -0.1) is 0 Å². The number of nitro benzene ring substituents is 1. The van der Waals surface area contributed by atoms with E-state index in [0.29, 0.717) is 27.7 Å². The lowest BCUT2D eigenvalue weighted by Crippen LogP contribution is -2.23. The van der Waals surface area contributed by atoms with E-state index < -0.39 is 4.92 Å². The summed E-state index contributed by atoms with van der Waals surface area (Å²) in [6.07, 6.45) is 1.88. The molecule has 0 radical (unpaired) electrons. The summed E-state index contributed by atoms with van der Waals surface area (Å²) in [5.41, 5.74) is 2.79. The Balaban J connectivity index is 2.04. The summed E-state index contributed by atoms with van der Waals surface area (Å²) in [7, 11) is 0. The van der Waals surface area contributed by atoms with Crippen molar-refractivity contribution in [2.45, 2.75) is 20.8 Å². The Morgan fingerprint density at radius 1 is 1.12 bits per heavy atom. The van der Waals surface area contributed by atoms with Crippen LogP contribution in [0.3, 0.4) is 0 Å². The van der Waals surface area contributed by atoms with E-state index in [1.54, 1.807) is 24.3 Å². The van der Waals surface area contributed by atoms with Crippen molar-refractivity contribution in [1.29, 1.82) is 0 Å². The van der Waals surface area contributed by atoms with Crippen molar-refractivity contribution in [2.24, 2.45) is 0 Å². The first-order valence-electron chi connectivity index (χ1n) is 9.71. The molecule has 0 aliphatic heterocycles. The number of hydrogen-bond donors (Lipinski definition) is 3. The van der Waals surface area contributed by atoms with E-state index >= 15 is 0 Å². The molecule has 32 heavy (non-hydrogen) atoms. The Labute approximate surface area is 189 Å². The number of thioether (sulfide) groups is 1. The maximum absolute atomic E-state index is 13.2. The van der Waals surface area contributed by atoms with Crippen molar-refractivity contribution in [3.05, 3.63) is 86.4 Å². The Bertz CT molecular complexity index is 1190. The van der Waals surface area contributed by atoms with Crippen LogP contribution in [0.4, 0.5) is 5.69 Å². The number of benzene rings is 2. The highest BCUT2D eigenvalue weighted by Crippen LogP contribution is 2.29. The predicted octanol–water partition coefficient (Wildman–Crippen LogP) is 5.61. The zero-order valence-corrected chi connectivity index (χ0v) is 18.6. The van der Waals surface area contributed by atoms with Gasteiger partial charge in [0.15, 0.2) is 0 Å².